The van der Waals surface area contributed by atoms with E-state index in [9.17, 15) is 9.59 Å². The fraction of sp³-hybridized carbons (Fsp3) is 0.611. The molecular formula is C18H27N5O2S. The van der Waals surface area contributed by atoms with E-state index in [4.69, 9.17) is 11.1 Å². The van der Waals surface area contributed by atoms with Gasteiger partial charge in [0.05, 0.1) is 12.1 Å². The van der Waals surface area contributed by atoms with E-state index in [0.29, 0.717) is 12.0 Å². The number of carbonyl (C=O) groups is 2. The number of hydrogen-bond acceptors (Lipinski definition) is 5. The molecule has 2 heterocycles. The Bertz CT molecular complexity index is 712. The first-order valence-electron chi connectivity index (χ1n) is 9.13. The zero-order chi connectivity index (χ0) is 18.9. The van der Waals surface area contributed by atoms with Crippen molar-refractivity contribution in [2.75, 3.05) is 13.6 Å². The van der Waals surface area contributed by atoms with Gasteiger partial charge in [0, 0.05) is 21.9 Å². The molecule has 0 radical (unpaired) electrons. The number of likely N-dealkylation sites (tertiary alicyclic amines) is 1. The third-order valence-electron chi connectivity index (χ3n) is 5.39. The van der Waals surface area contributed by atoms with Crippen LogP contribution in [0.2, 0.25) is 0 Å². The normalized spacial score (nSPS) is 23.7. The second-order valence-electron chi connectivity index (χ2n) is 7.17. The number of carbonyl (C=O) groups excluding carboxylic acids is 2. The van der Waals surface area contributed by atoms with Crippen molar-refractivity contribution in [3.8, 4) is 0 Å². The van der Waals surface area contributed by atoms with Gasteiger partial charge in [-0.1, -0.05) is 6.92 Å². The van der Waals surface area contributed by atoms with Gasteiger partial charge in [0.15, 0.2) is 0 Å². The van der Waals surface area contributed by atoms with Gasteiger partial charge in [-0.05, 0) is 45.2 Å². The molecule has 1 saturated heterocycles. The van der Waals surface area contributed by atoms with Crippen molar-refractivity contribution in [2.24, 2.45) is 5.73 Å². The molecule has 2 fully saturated rings. The number of hydrogen-bond donors (Lipinski definition) is 4. The Morgan fingerprint density at radius 3 is 2.69 bits per heavy atom. The Kier molecular flexibility index (Phi) is 5.34. The summed E-state index contributed by atoms with van der Waals surface area (Å²) in [6, 6.07) is 1.63. The third-order valence-corrected chi connectivity index (χ3v) is 6.52. The average molecular weight is 378 g/mol. The molecule has 1 aliphatic heterocycles. The zero-order valence-corrected chi connectivity index (χ0v) is 16.1. The highest BCUT2D eigenvalue weighted by Crippen LogP contribution is 2.48. The van der Waals surface area contributed by atoms with Crippen molar-refractivity contribution in [3.63, 3.8) is 0 Å². The molecule has 2 aliphatic rings. The Morgan fingerprint density at radius 2 is 2.15 bits per heavy atom. The first kappa shape index (κ1) is 18.8. The Balaban J connectivity index is 1.73. The monoisotopic (exact) mass is 377 g/mol. The predicted molar refractivity (Wildman–Crippen MR) is 102 cm³/mol. The minimum absolute atomic E-state index is 0.0168. The SMILES string of the molecule is CCC1CCC(C(=O)NC2(c3cc(C(=N)N)cs3)CC2)N1C(=O)CNC. The summed E-state index contributed by atoms with van der Waals surface area (Å²) in [7, 11) is 1.74. The lowest BCUT2D eigenvalue weighted by atomic mass is 10.1. The van der Waals surface area contributed by atoms with Crippen molar-refractivity contribution >= 4 is 29.0 Å². The molecule has 142 valence electrons. The highest BCUT2D eigenvalue weighted by atomic mass is 32.1. The Labute approximate surface area is 157 Å². The summed E-state index contributed by atoms with van der Waals surface area (Å²) in [5.74, 6) is -0.0439. The zero-order valence-electron chi connectivity index (χ0n) is 15.3. The van der Waals surface area contributed by atoms with Crippen molar-refractivity contribution in [3.05, 3.63) is 21.9 Å². The van der Waals surface area contributed by atoms with E-state index < -0.39 is 6.04 Å². The number of thiophene rings is 1. The molecule has 0 bridgehead atoms. The van der Waals surface area contributed by atoms with Crippen LogP contribution in [0.5, 0.6) is 0 Å². The number of nitrogens with one attached hydrogen (secondary N) is 3. The summed E-state index contributed by atoms with van der Waals surface area (Å²) in [5, 5.41) is 15.5. The summed E-state index contributed by atoms with van der Waals surface area (Å²) >= 11 is 1.53. The van der Waals surface area contributed by atoms with E-state index in [2.05, 4.69) is 17.6 Å². The first-order valence-corrected chi connectivity index (χ1v) is 10.0. The molecule has 2 amide bonds. The second kappa shape index (κ2) is 7.36. The van der Waals surface area contributed by atoms with Crippen LogP contribution in [-0.4, -0.2) is 48.2 Å². The van der Waals surface area contributed by atoms with Crippen LogP contribution in [0.1, 0.15) is 49.5 Å². The third kappa shape index (κ3) is 3.48. The summed E-state index contributed by atoms with van der Waals surface area (Å²) in [6.07, 6.45) is 4.19. The largest absolute Gasteiger partial charge is 0.384 e. The first-order chi connectivity index (χ1) is 12.4. The highest BCUT2D eigenvalue weighted by Gasteiger charge is 2.49. The van der Waals surface area contributed by atoms with Crippen LogP contribution < -0.4 is 16.4 Å². The fourth-order valence-electron chi connectivity index (χ4n) is 3.77. The molecule has 0 spiro atoms. The summed E-state index contributed by atoms with van der Waals surface area (Å²) < 4.78 is 0. The van der Waals surface area contributed by atoms with Crippen molar-refractivity contribution in [1.29, 1.82) is 5.41 Å². The van der Waals surface area contributed by atoms with Crippen molar-refractivity contribution < 1.29 is 9.59 Å². The maximum Gasteiger partial charge on any atom is 0.243 e. The van der Waals surface area contributed by atoms with Crippen LogP contribution in [0.4, 0.5) is 0 Å². The average Bonchev–Trinajstić information content (AvgIpc) is 3.05. The standard InChI is InChI=1S/C18H27N5O2S/c1-3-12-4-5-13(23(12)15(24)9-21-2)17(25)22-18(6-7-18)14-8-11(10-26-14)16(19)20/h8,10,12-13,21H,3-7,9H2,1-2H3,(H3,19,20)(H,22,25). The molecular weight excluding hydrogens is 350 g/mol. The van der Waals surface area contributed by atoms with Gasteiger partial charge in [-0.2, -0.15) is 0 Å². The lowest BCUT2D eigenvalue weighted by Crippen LogP contribution is -2.52. The van der Waals surface area contributed by atoms with Crippen LogP contribution in [0, 0.1) is 5.41 Å². The van der Waals surface area contributed by atoms with E-state index in [1.807, 2.05) is 11.4 Å². The van der Waals surface area contributed by atoms with Crippen molar-refractivity contribution in [1.82, 2.24) is 15.5 Å². The van der Waals surface area contributed by atoms with Crippen molar-refractivity contribution in [2.45, 2.75) is 56.7 Å². The predicted octanol–water partition coefficient (Wildman–Crippen LogP) is 1.13. The molecule has 1 aromatic rings. The lowest BCUT2D eigenvalue weighted by molar-refractivity contribution is -0.140. The molecule has 8 heteroatoms. The Hall–Kier alpha value is -1.93. The molecule has 5 N–H and O–H groups in total. The molecule has 0 aromatic carbocycles. The smallest absolute Gasteiger partial charge is 0.243 e. The fourth-order valence-corrected chi connectivity index (χ4v) is 4.89. The minimum atomic E-state index is -0.398. The molecule has 1 aliphatic carbocycles. The molecule has 7 nitrogen and oxygen atoms in total. The van der Waals surface area contributed by atoms with Gasteiger partial charge in [-0.3, -0.25) is 15.0 Å². The van der Waals surface area contributed by atoms with Gasteiger partial charge in [-0.15, -0.1) is 11.3 Å². The maximum atomic E-state index is 13.0. The number of rotatable bonds is 7. The summed E-state index contributed by atoms with van der Waals surface area (Å²) in [6.45, 7) is 2.31. The van der Waals surface area contributed by atoms with Crippen LogP contribution >= 0.6 is 11.3 Å². The van der Waals surface area contributed by atoms with Gasteiger partial charge in [0.1, 0.15) is 11.9 Å². The van der Waals surface area contributed by atoms with Gasteiger partial charge >= 0.3 is 0 Å². The summed E-state index contributed by atoms with van der Waals surface area (Å²) in [4.78, 5) is 28.3. The maximum absolute atomic E-state index is 13.0. The van der Waals surface area contributed by atoms with Crippen LogP contribution in [0.15, 0.2) is 11.4 Å². The van der Waals surface area contributed by atoms with Crippen LogP contribution in [0.3, 0.4) is 0 Å². The number of amidine groups is 1. The number of amides is 2. The number of nitrogens with two attached hydrogens (primary N) is 1. The number of likely N-dealkylation sites (N-methyl/N-ethyl adjacent to an activating group) is 1. The van der Waals surface area contributed by atoms with Gasteiger partial charge in [0.2, 0.25) is 11.8 Å². The van der Waals surface area contributed by atoms with E-state index >= 15 is 0 Å². The Morgan fingerprint density at radius 1 is 1.42 bits per heavy atom. The van der Waals surface area contributed by atoms with E-state index in [-0.39, 0.29) is 35.8 Å². The topological polar surface area (TPSA) is 111 Å². The van der Waals surface area contributed by atoms with E-state index in [1.165, 1.54) is 11.3 Å². The molecule has 2 unspecified atom stereocenters. The molecule has 3 rings (SSSR count). The minimum Gasteiger partial charge on any atom is -0.384 e. The highest BCUT2D eigenvalue weighted by molar-refractivity contribution is 7.10. The number of nitrogens with zero attached hydrogens (tertiary/aromatic N) is 1. The molecule has 26 heavy (non-hydrogen) atoms. The molecule has 1 saturated carbocycles. The summed E-state index contributed by atoms with van der Waals surface area (Å²) in [5.41, 5.74) is 5.90. The van der Waals surface area contributed by atoms with Gasteiger partial charge < -0.3 is 21.3 Å². The van der Waals surface area contributed by atoms with Crippen LogP contribution in [-0.2, 0) is 15.1 Å². The quantitative estimate of drug-likeness (QED) is 0.421. The van der Waals surface area contributed by atoms with Crippen LogP contribution in [0.25, 0.3) is 0 Å². The lowest BCUT2D eigenvalue weighted by Gasteiger charge is -2.30. The number of nitrogen functional groups attached to an aromatic ring is 1. The van der Waals surface area contributed by atoms with Gasteiger partial charge in [-0.25, -0.2) is 0 Å². The molecule has 2 atom stereocenters. The van der Waals surface area contributed by atoms with Gasteiger partial charge in [0.25, 0.3) is 0 Å². The second-order valence-corrected chi connectivity index (χ2v) is 8.08. The van der Waals surface area contributed by atoms with E-state index in [1.54, 1.807) is 11.9 Å². The molecule has 1 aromatic heterocycles. The van der Waals surface area contributed by atoms with E-state index in [0.717, 1.165) is 30.6 Å².